The summed E-state index contributed by atoms with van der Waals surface area (Å²) >= 11 is 7.44. The predicted molar refractivity (Wildman–Crippen MR) is 111 cm³/mol. The Labute approximate surface area is 173 Å². The van der Waals surface area contributed by atoms with Crippen molar-refractivity contribution in [3.63, 3.8) is 0 Å². The van der Waals surface area contributed by atoms with Crippen LogP contribution < -0.4 is 5.32 Å². The van der Waals surface area contributed by atoms with E-state index in [0.717, 1.165) is 5.56 Å². The number of carbonyl (C=O) groups excluding carboxylic acids is 2. The highest BCUT2D eigenvalue weighted by atomic mass is 35.5. The second-order valence-electron chi connectivity index (χ2n) is 7.11. The second kappa shape index (κ2) is 8.97. The number of hydrogen-bond acceptors (Lipinski definition) is 3. The van der Waals surface area contributed by atoms with Gasteiger partial charge in [0.15, 0.2) is 0 Å². The maximum atomic E-state index is 13.3. The zero-order valence-electron chi connectivity index (χ0n) is 15.7. The highest BCUT2D eigenvalue weighted by Crippen LogP contribution is 2.42. The number of nitrogens with zero attached hydrogens (tertiary/aromatic N) is 1. The van der Waals surface area contributed by atoms with Crippen LogP contribution in [0.2, 0.25) is 5.02 Å². The zero-order valence-corrected chi connectivity index (χ0v) is 17.3. The number of nitrogens with one attached hydrogen (secondary N) is 1. The minimum Gasteiger partial charge on any atom is -0.354 e. The van der Waals surface area contributed by atoms with Crippen molar-refractivity contribution >= 4 is 35.2 Å². The number of halogens is 2. The van der Waals surface area contributed by atoms with Gasteiger partial charge < -0.3 is 10.2 Å². The standard InChI is InChI=1S/C21H22ClFN2O2S/c1-13(2)11-24-19(26)18-12-28-21(15-5-9-17(23)10-6-15)25(18)20(27)14-3-7-16(22)8-4-14/h3-10,13,18,21H,11-12H2,1-2H3,(H,24,26)/t18-,21-/m1/s1. The summed E-state index contributed by atoms with van der Waals surface area (Å²) in [6.45, 7) is 4.58. The van der Waals surface area contributed by atoms with Crippen LogP contribution in [0.3, 0.4) is 0 Å². The van der Waals surface area contributed by atoms with Gasteiger partial charge in [-0.1, -0.05) is 37.6 Å². The lowest BCUT2D eigenvalue weighted by molar-refractivity contribution is -0.125. The Balaban J connectivity index is 1.91. The molecule has 2 atom stereocenters. The van der Waals surface area contributed by atoms with E-state index in [1.807, 2.05) is 13.8 Å². The van der Waals surface area contributed by atoms with Gasteiger partial charge >= 0.3 is 0 Å². The summed E-state index contributed by atoms with van der Waals surface area (Å²) in [6, 6.07) is 12.1. The number of carbonyl (C=O) groups is 2. The number of amides is 2. The number of benzene rings is 2. The van der Waals surface area contributed by atoms with Crippen molar-refractivity contribution in [1.82, 2.24) is 10.2 Å². The molecule has 1 aliphatic rings. The summed E-state index contributed by atoms with van der Waals surface area (Å²) in [7, 11) is 0. The van der Waals surface area contributed by atoms with Gasteiger partial charge in [0.1, 0.15) is 17.2 Å². The number of thioether (sulfide) groups is 1. The summed E-state index contributed by atoms with van der Waals surface area (Å²) in [4.78, 5) is 27.7. The molecule has 1 N–H and O–H groups in total. The second-order valence-corrected chi connectivity index (χ2v) is 8.66. The van der Waals surface area contributed by atoms with Gasteiger partial charge in [-0.2, -0.15) is 0 Å². The molecule has 148 valence electrons. The van der Waals surface area contributed by atoms with Gasteiger partial charge in [-0.15, -0.1) is 11.8 Å². The minimum absolute atomic E-state index is 0.173. The molecule has 0 saturated carbocycles. The molecule has 2 amide bonds. The van der Waals surface area contributed by atoms with E-state index in [2.05, 4.69) is 5.32 Å². The van der Waals surface area contributed by atoms with Gasteiger partial charge in [0.25, 0.3) is 5.91 Å². The molecule has 1 aliphatic heterocycles. The Morgan fingerprint density at radius 2 is 1.82 bits per heavy atom. The fraction of sp³-hybridized carbons (Fsp3) is 0.333. The molecule has 2 aromatic carbocycles. The molecule has 3 rings (SSSR count). The molecule has 4 nitrogen and oxygen atoms in total. The fourth-order valence-electron chi connectivity index (χ4n) is 3.00. The average Bonchev–Trinajstić information content (AvgIpc) is 3.11. The molecule has 0 aromatic heterocycles. The van der Waals surface area contributed by atoms with Crippen molar-refractivity contribution < 1.29 is 14.0 Å². The van der Waals surface area contributed by atoms with Crippen molar-refractivity contribution in [1.29, 1.82) is 0 Å². The Morgan fingerprint density at radius 1 is 1.18 bits per heavy atom. The van der Waals surface area contributed by atoms with E-state index in [-0.39, 0.29) is 23.0 Å². The fourth-order valence-corrected chi connectivity index (χ4v) is 4.56. The van der Waals surface area contributed by atoms with E-state index in [1.165, 1.54) is 23.9 Å². The lowest BCUT2D eigenvalue weighted by Gasteiger charge is -2.29. The molecule has 2 aromatic rings. The van der Waals surface area contributed by atoms with Gasteiger partial charge in [-0.25, -0.2) is 4.39 Å². The van der Waals surface area contributed by atoms with Gasteiger partial charge in [0, 0.05) is 22.9 Å². The predicted octanol–water partition coefficient (Wildman–Crippen LogP) is 4.51. The maximum Gasteiger partial charge on any atom is 0.255 e. The Kier molecular flexibility index (Phi) is 6.62. The molecule has 0 aliphatic carbocycles. The molecule has 7 heteroatoms. The van der Waals surface area contributed by atoms with Crippen LogP contribution in [0.25, 0.3) is 0 Å². The van der Waals surface area contributed by atoms with E-state index in [9.17, 15) is 14.0 Å². The average molecular weight is 421 g/mol. The number of hydrogen-bond donors (Lipinski definition) is 1. The van der Waals surface area contributed by atoms with E-state index >= 15 is 0 Å². The quantitative estimate of drug-likeness (QED) is 0.774. The summed E-state index contributed by atoms with van der Waals surface area (Å²) < 4.78 is 13.3. The molecular weight excluding hydrogens is 399 g/mol. The smallest absolute Gasteiger partial charge is 0.255 e. The van der Waals surface area contributed by atoms with E-state index in [1.54, 1.807) is 41.3 Å². The van der Waals surface area contributed by atoms with Crippen LogP contribution in [0, 0.1) is 11.7 Å². The van der Waals surface area contributed by atoms with Crippen LogP contribution in [0.15, 0.2) is 48.5 Å². The van der Waals surface area contributed by atoms with Gasteiger partial charge in [0.05, 0.1) is 0 Å². The molecule has 1 heterocycles. The highest BCUT2D eigenvalue weighted by molar-refractivity contribution is 7.99. The number of rotatable bonds is 5. The first-order chi connectivity index (χ1) is 13.4. The third-order valence-electron chi connectivity index (χ3n) is 4.47. The van der Waals surface area contributed by atoms with Crippen LogP contribution in [0.1, 0.15) is 35.1 Å². The molecular formula is C21H22ClFN2O2S. The molecule has 0 radical (unpaired) electrons. The first-order valence-corrected chi connectivity index (χ1v) is 10.5. The third kappa shape index (κ3) is 4.67. The molecule has 28 heavy (non-hydrogen) atoms. The van der Waals surface area contributed by atoms with Crippen molar-refractivity contribution in [2.75, 3.05) is 12.3 Å². The molecule has 1 fully saturated rings. The SMILES string of the molecule is CC(C)CNC(=O)[C@H]1CS[C@H](c2ccc(F)cc2)N1C(=O)c1ccc(Cl)cc1. The minimum atomic E-state index is -0.595. The molecule has 0 bridgehead atoms. The highest BCUT2D eigenvalue weighted by Gasteiger charge is 2.42. The van der Waals surface area contributed by atoms with Crippen LogP contribution >= 0.6 is 23.4 Å². The summed E-state index contributed by atoms with van der Waals surface area (Å²) in [6.07, 6.45) is 0. The first kappa shape index (κ1) is 20.7. The van der Waals surface area contributed by atoms with Gasteiger partial charge in [-0.3, -0.25) is 9.59 Å². The van der Waals surface area contributed by atoms with Gasteiger partial charge in [-0.05, 0) is 47.9 Å². The van der Waals surface area contributed by atoms with Crippen molar-refractivity contribution in [3.05, 3.63) is 70.5 Å². The molecule has 1 saturated heterocycles. The van der Waals surface area contributed by atoms with Crippen molar-refractivity contribution in [2.24, 2.45) is 5.92 Å². The van der Waals surface area contributed by atoms with Crippen molar-refractivity contribution in [2.45, 2.75) is 25.3 Å². The topological polar surface area (TPSA) is 49.4 Å². The van der Waals surface area contributed by atoms with Crippen LogP contribution in [0.5, 0.6) is 0 Å². The Hall–Kier alpha value is -2.05. The Morgan fingerprint density at radius 3 is 2.43 bits per heavy atom. The summed E-state index contributed by atoms with van der Waals surface area (Å²) in [5, 5.41) is 3.10. The Bertz CT molecular complexity index is 842. The van der Waals surface area contributed by atoms with E-state index in [0.29, 0.717) is 28.8 Å². The first-order valence-electron chi connectivity index (χ1n) is 9.10. The largest absolute Gasteiger partial charge is 0.354 e. The lowest BCUT2D eigenvalue weighted by Crippen LogP contribution is -2.48. The zero-order chi connectivity index (χ0) is 20.3. The lowest BCUT2D eigenvalue weighted by atomic mass is 10.1. The van der Waals surface area contributed by atoms with Crippen LogP contribution in [-0.4, -0.2) is 35.1 Å². The van der Waals surface area contributed by atoms with E-state index < -0.39 is 6.04 Å². The van der Waals surface area contributed by atoms with E-state index in [4.69, 9.17) is 11.6 Å². The maximum absolute atomic E-state index is 13.3. The van der Waals surface area contributed by atoms with Crippen LogP contribution in [0.4, 0.5) is 4.39 Å². The molecule has 0 spiro atoms. The van der Waals surface area contributed by atoms with Crippen molar-refractivity contribution in [3.8, 4) is 0 Å². The summed E-state index contributed by atoms with van der Waals surface area (Å²) in [5.41, 5.74) is 1.24. The van der Waals surface area contributed by atoms with Gasteiger partial charge in [0.2, 0.25) is 5.91 Å². The molecule has 0 unspecified atom stereocenters. The monoisotopic (exact) mass is 420 g/mol. The third-order valence-corrected chi connectivity index (χ3v) is 6.04. The normalized spacial score (nSPS) is 19.1. The summed E-state index contributed by atoms with van der Waals surface area (Å²) in [5.74, 6) is 0.0272. The van der Waals surface area contributed by atoms with Crippen LogP contribution in [-0.2, 0) is 4.79 Å².